The first-order valence-electron chi connectivity index (χ1n) is 7.52. The number of nitrogens with one attached hydrogen (secondary N) is 1. The van der Waals surface area contributed by atoms with Gasteiger partial charge in [-0.1, -0.05) is 31.9 Å². The molecule has 116 valence electrons. The molecular weight excluding hydrogens is 270 g/mol. The molecule has 0 spiro atoms. The molecule has 0 aliphatic carbocycles. The van der Waals surface area contributed by atoms with E-state index in [4.69, 9.17) is 0 Å². The van der Waals surface area contributed by atoms with Gasteiger partial charge in [0.2, 0.25) is 11.8 Å². The molecule has 1 aliphatic heterocycles. The van der Waals surface area contributed by atoms with Gasteiger partial charge in [-0.05, 0) is 12.8 Å². The molecule has 1 fully saturated rings. The first-order chi connectivity index (χ1) is 10.1. The second-order valence-corrected chi connectivity index (χ2v) is 5.50. The number of hydrogen-bond acceptors (Lipinski definition) is 4. The summed E-state index contributed by atoms with van der Waals surface area (Å²) in [6.07, 6.45) is 4.81. The number of amides is 2. The Morgan fingerprint density at radius 1 is 1.24 bits per heavy atom. The number of nitrogens with zero attached hydrogens (tertiary/aromatic N) is 4. The van der Waals surface area contributed by atoms with Crippen molar-refractivity contribution in [3.8, 4) is 0 Å². The molecule has 2 rings (SSSR count). The molecule has 0 bridgehead atoms. The Balaban J connectivity index is 2.20. The number of carbonyl (C=O) groups is 2. The molecule has 1 N–H and O–H groups in total. The zero-order valence-electron chi connectivity index (χ0n) is 12.9. The van der Waals surface area contributed by atoms with Crippen LogP contribution in [-0.2, 0) is 23.2 Å². The predicted molar refractivity (Wildman–Crippen MR) is 77.1 cm³/mol. The van der Waals surface area contributed by atoms with Gasteiger partial charge in [0, 0.05) is 13.2 Å². The lowest BCUT2D eigenvalue weighted by Crippen LogP contribution is -2.62. The van der Waals surface area contributed by atoms with Gasteiger partial charge in [-0.2, -0.15) is 0 Å². The minimum atomic E-state index is -0.410. The number of carbonyl (C=O) groups excluding carboxylic acids is 2. The van der Waals surface area contributed by atoms with E-state index in [9.17, 15) is 9.59 Å². The van der Waals surface area contributed by atoms with Crippen LogP contribution in [0.3, 0.4) is 0 Å². The van der Waals surface area contributed by atoms with Crippen molar-refractivity contribution in [1.29, 1.82) is 0 Å². The third kappa shape index (κ3) is 3.40. The van der Waals surface area contributed by atoms with Gasteiger partial charge in [-0.25, -0.2) is 0 Å². The van der Waals surface area contributed by atoms with Gasteiger partial charge in [0.25, 0.3) is 0 Å². The lowest BCUT2D eigenvalue weighted by molar-refractivity contribution is -0.150. The Kier molecular flexibility index (Phi) is 4.93. The number of aromatic nitrogens is 3. The summed E-state index contributed by atoms with van der Waals surface area (Å²) < 4.78 is 1.60. The Hall–Kier alpha value is -1.92. The fourth-order valence-electron chi connectivity index (χ4n) is 2.70. The molecule has 2 atom stereocenters. The molecule has 1 aliphatic rings. The normalized spacial score (nSPS) is 22.5. The Bertz CT molecular complexity index is 513. The molecule has 2 amide bonds. The highest BCUT2D eigenvalue weighted by Gasteiger charge is 2.39. The summed E-state index contributed by atoms with van der Waals surface area (Å²) in [5.41, 5.74) is 0.705. The molecule has 0 radical (unpaired) electrons. The first-order valence-corrected chi connectivity index (χ1v) is 7.52. The van der Waals surface area contributed by atoms with Crippen LogP contribution in [0.15, 0.2) is 6.20 Å². The van der Waals surface area contributed by atoms with Crippen LogP contribution in [-0.4, -0.2) is 43.8 Å². The van der Waals surface area contributed by atoms with E-state index in [-0.39, 0.29) is 11.8 Å². The molecular formula is C14H23N5O2. The van der Waals surface area contributed by atoms with Crippen molar-refractivity contribution in [3.63, 3.8) is 0 Å². The van der Waals surface area contributed by atoms with Crippen molar-refractivity contribution in [1.82, 2.24) is 25.2 Å². The summed E-state index contributed by atoms with van der Waals surface area (Å²) in [5, 5.41) is 10.8. The van der Waals surface area contributed by atoms with Crippen molar-refractivity contribution < 1.29 is 9.59 Å². The van der Waals surface area contributed by atoms with Gasteiger partial charge < -0.3 is 10.2 Å². The van der Waals surface area contributed by atoms with Gasteiger partial charge in [0.05, 0.1) is 6.54 Å². The van der Waals surface area contributed by atoms with Gasteiger partial charge >= 0.3 is 0 Å². The van der Waals surface area contributed by atoms with Crippen LogP contribution in [0, 0.1) is 0 Å². The maximum Gasteiger partial charge on any atom is 0.246 e. The first kappa shape index (κ1) is 15.5. The van der Waals surface area contributed by atoms with Crippen molar-refractivity contribution in [3.05, 3.63) is 11.9 Å². The lowest BCUT2D eigenvalue weighted by atomic mass is 10.0. The summed E-state index contributed by atoms with van der Waals surface area (Å²) in [4.78, 5) is 26.5. The van der Waals surface area contributed by atoms with E-state index in [0.717, 1.165) is 12.8 Å². The SMILES string of the molecule is CCCC1NC(=O)C(CCC)N(Cc2cn(C)nn2)C1=O. The van der Waals surface area contributed by atoms with E-state index in [2.05, 4.69) is 15.6 Å². The fourth-order valence-corrected chi connectivity index (χ4v) is 2.70. The fraction of sp³-hybridized carbons (Fsp3) is 0.714. The van der Waals surface area contributed by atoms with E-state index < -0.39 is 12.1 Å². The highest BCUT2D eigenvalue weighted by atomic mass is 16.2. The van der Waals surface area contributed by atoms with Crippen molar-refractivity contribution in [2.45, 2.75) is 58.2 Å². The summed E-state index contributed by atoms with van der Waals surface area (Å²) in [5.74, 6) is -0.0701. The summed E-state index contributed by atoms with van der Waals surface area (Å²) in [6, 6.07) is -0.815. The highest BCUT2D eigenvalue weighted by molar-refractivity contribution is 5.96. The van der Waals surface area contributed by atoms with Crippen molar-refractivity contribution >= 4 is 11.8 Å². The van der Waals surface area contributed by atoms with E-state index in [0.29, 0.717) is 25.1 Å². The largest absolute Gasteiger partial charge is 0.343 e. The average molecular weight is 293 g/mol. The van der Waals surface area contributed by atoms with Gasteiger partial charge in [-0.15, -0.1) is 5.10 Å². The Labute approximate surface area is 124 Å². The monoisotopic (exact) mass is 293 g/mol. The molecule has 0 aromatic carbocycles. The standard InChI is InChI=1S/C14H23N5O2/c1-4-6-11-14(21)19(9-10-8-18(3)17-16-10)12(7-5-2)13(20)15-11/h8,11-12H,4-7,9H2,1-3H3,(H,15,20). The molecule has 7 heteroatoms. The summed E-state index contributed by atoms with van der Waals surface area (Å²) in [6.45, 7) is 4.35. The number of hydrogen-bond donors (Lipinski definition) is 1. The van der Waals surface area contributed by atoms with Crippen LogP contribution >= 0.6 is 0 Å². The predicted octanol–water partition coefficient (Wildman–Crippen LogP) is 0.611. The topological polar surface area (TPSA) is 80.1 Å². The van der Waals surface area contributed by atoms with Crippen molar-refractivity contribution in [2.75, 3.05) is 0 Å². The molecule has 21 heavy (non-hydrogen) atoms. The maximum atomic E-state index is 12.6. The highest BCUT2D eigenvalue weighted by Crippen LogP contribution is 2.19. The quantitative estimate of drug-likeness (QED) is 0.833. The minimum absolute atomic E-state index is 0.0134. The second kappa shape index (κ2) is 6.69. The van der Waals surface area contributed by atoms with E-state index in [1.807, 2.05) is 13.8 Å². The molecule has 1 aromatic rings. The smallest absolute Gasteiger partial charge is 0.246 e. The maximum absolute atomic E-state index is 12.6. The van der Waals surface area contributed by atoms with Crippen LogP contribution in [0.25, 0.3) is 0 Å². The molecule has 7 nitrogen and oxygen atoms in total. The number of aryl methyl sites for hydroxylation is 1. The summed E-state index contributed by atoms with van der Waals surface area (Å²) in [7, 11) is 1.78. The zero-order chi connectivity index (χ0) is 15.4. The van der Waals surface area contributed by atoms with Crippen LogP contribution in [0.2, 0.25) is 0 Å². The third-order valence-electron chi connectivity index (χ3n) is 3.70. The van der Waals surface area contributed by atoms with Crippen molar-refractivity contribution in [2.24, 2.45) is 7.05 Å². The van der Waals surface area contributed by atoms with Gasteiger partial charge in [0.15, 0.2) is 0 Å². The molecule has 1 saturated heterocycles. The van der Waals surface area contributed by atoms with Crippen LogP contribution in [0.1, 0.15) is 45.2 Å². The molecule has 0 saturated carbocycles. The Morgan fingerprint density at radius 2 is 1.95 bits per heavy atom. The van der Waals surface area contributed by atoms with Crippen LogP contribution < -0.4 is 5.32 Å². The Morgan fingerprint density at radius 3 is 2.52 bits per heavy atom. The third-order valence-corrected chi connectivity index (χ3v) is 3.70. The summed E-state index contributed by atoms with van der Waals surface area (Å²) >= 11 is 0. The molecule has 2 heterocycles. The number of rotatable bonds is 6. The number of piperazine rings is 1. The minimum Gasteiger partial charge on any atom is -0.343 e. The zero-order valence-corrected chi connectivity index (χ0v) is 12.9. The van der Waals surface area contributed by atoms with E-state index in [1.165, 1.54) is 0 Å². The average Bonchev–Trinajstić information content (AvgIpc) is 2.85. The van der Waals surface area contributed by atoms with Gasteiger partial charge in [0.1, 0.15) is 17.8 Å². The molecule has 2 unspecified atom stereocenters. The lowest BCUT2D eigenvalue weighted by Gasteiger charge is -2.38. The van der Waals surface area contributed by atoms with E-state index in [1.54, 1.807) is 22.8 Å². The van der Waals surface area contributed by atoms with Gasteiger partial charge in [-0.3, -0.25) is 14.3 Å². The second-order valence-electron chi connectivity index (χ2n) is 5.50. The van der Waals surface area contributed by atoms with E-state index >= 15 is 0 Å². The van der Waals surface area contributed by atoms with Crippen LogP contribution in [0.4, 0.5) is 0 Å². The molecule has 1 aromatic heterocycles. The van der Waals surface area contributed by atoms with Crippen LogP contribution in [0.5, 0.6) is 0 Å².